The number of β-lactam (4-membered cyclic amide) rings is 1. The largest absolute Gasteiger partial charge is 0.456 e. The van der Waals surface area contributed by atoms with Crippen molar-refractivity contribution in [3.8, 4) is 0 Å². The minimum atomic E-state index is -0.701. The number of rotatable bonds is 7. The number of non-ortho nitro benzene ring substituents is 1. The first-order valence-corrected chi connectivity index (χ1v) is 9.28. The van der Waals surface area contributed by atoms with Crippen LogP contribution in [0.3, 0.4) is 0 Å². The Kier molecular flexibility index (Phi) is 6.54. The number of alkyl halides is 1. The third-order valence-electron chi connectivity index (χ3n) is 3.60. The summed E-state index contributed by atoms with van der Waals surface area (Å²) < 4.78 is 5.25. The monoisotopic (exact) mass is 442 g/mol. The predicted octanol–water partition coefficient (Wildman–Crippen LogP) is 2.79. The lowest BCUT2D eigenvalue weighted by atomic mass is 10.1. The van der Waals surface area contributed by atoms with Gasteiger partial charge in [0.25, 0.3) is 5.69 Å². The first kappa shape index (κ1) is 20.1. The number of esters is 1. The van der Waals surface area contributed by atoms with Gasteiger partial charge >= 0.3 is 5.97 Å². The Balaban J connectivity index is 2.10. The third kappa shape index (κ3) is 4.13. The summed E-state index contributed by atoms with van der Waals surface area (Å²) >= 11 is 4.09. The van der Waals surface area contributed by atoms with Gasteiger partial charge in [-0.3, -0.25) is 24.6 Å². The molecule has 0 radical (unpaired) electrons. The van der Waals surface area contributed by atoms with Crippen molar-refractivity contribution in [2.24, 2.45) is 0 Å². The quantitative estimate of drug-likeness (QED) is 0.121. The highest BCUT2D eigenvalue weighted by Gasteiger charge is 2.50. The van der Waals surface area contributed by atoms with Crippen LogP contribution in [0.4, 0.5) is 5.69 Å². The number of allylic oxidation sites excluding steroid dienone is 1. The Bertz CT molecular complexity index is 775. The molecule has 1 amide bonds. The molecule has 1 heterocycles. The number of amides is 1. The minimum absolute atomic E-state index is 0.0617. The van der Waals surface area contributed by atoms with Crippen molar-refractivity contribution < 1.29 is 24.0 Å². The lowest BCUT2D eigenvalue weighted by Gasteiger charge is -2.43. The number of carbonyl (C=O) groups is 3. The van der Waals surface area contributed by atoms with Crippen LogP contribution < -0.4 is 0 Å². The number of halogens is 1. The fourth-order valence-corrected chi connectivity index (χ4v) is 3.86. The molecule has 0 spiro atoms. The van der Waals surface area contributed by atoms with Gasteiger partial charge in [-0.15, -0.1) is 0 Å². The van der Waals surface area contributed by atoms with Crippen molar-refractivity contribution in [1.82, 2.24) is 4.90 Å². The number of ether oxygens (including phenoxy) is 1. The molecule has 8 nitrogen and oxygen atoms in total. The Labute approximate surface area is 161 Å². The maximum atomic E-state index is 12.5. The SMILES string of the molecule is CC(C)=C(C(=O)OCc1ccc([N+](=O)[O-])cc1)N1C(=O)[C@H](Br)[C@H]1SC=O. The van der Waals surface area contributed by atoms with E-state index >= 15 is 0 Å². The van der Waals surface area contributed by atoms with Crippen LogP contribution in [0.1, 0.15) is 19.4 Å². The first-order valence-electron chi connectivity index (χ1n) is 7.42. The Morgan fingerprint density at radius 1 is 1.38 bits per heavy atom. The van der Waals surface area contributed by atoms with Crippen molar-refractivity contribution in [3.63, 3.8) is 0 Å². The molecule has 0 saturated carbocycles. The zero-order chi connectivity index (χ0) is 19.4. The summed E-state index contributed by atoms with van der Waals surface area (Å²) in [5, 5.41) is 10.1. The van der Waals surface area contributed by atoms with Gasteiger partial charge in [0.1, 0.15) is 22.5 Å². The standard InChI is InChI=1S/C16H15BrN2O6S/c1-9(2)13(18-14(21)12(17)15(18)26-8-20)16(22)25-7-10-3-5-11(6-4-10)19(23)24/h3-6,8,12,15H,7H2,1-2H3/t12-,15+/m0/s1. The maximum Gasteiger partial charge on any atom is 0.355 e. The normalized spacial score (nSPS) is 18.7. The molecule has 10 heteroatoms. The van der Waals surface area contributed by atoms with Crippen LogP contribution in [0.5, 0.6) is 0 Å². The van der Waals surface area contributed by atoms with Crippen molar-refractivity contribution in [1.29, 1.82) is 0 Å². The van der Waals surface area contributed by atoms with E-state index < -0.39 is 21.1 Å². The molecule has 1 aliphatic heterocycles. The summed E-state index contributed by atoms with van der Waals surface area (Å²) in [6.45, 7) is 3.23. The van der Waals surface area contributed by atoms with Crippen LogP contribution in [0.2, 0.25) is 0 Å². The molecule has 1 aromatic carbocycles. The van der Waals surface area contributed by atoms with Gasteiger partial charge in [-0.25, -0.2) is 4.79 Å². The van der Waals surface area contributed by atoms with Gasteiger partial charge in [-0.1, -0.05) is 27.7 Å². The average molecular weight is 443 g/mol. The molecule has 2 rings (SSSR count). The zero-order valence-corrected chi connectivity index (χ0v) is 16.3. The molecule has 138 valence electrons. The Hall–Kier alpha value is -2.20. The average Bonchev–Trinajstić information content (AvgIpc) is 2.62. The van der Waals surface area contributed by atoms with E-state index in [0.29, 0.717) is 16.8 Å². The molecule has 0 bridgehead atoms. The van der Waals surface area contributed by atoms with Crippen LogP contribution in [-0.4, -0.2) is 37.5 Å². The topological polar surface area (TPSA) is 107 Å². The summed E-state index contributed by atoms with van der Waals surface area (Å²) in [6, 6.07) is 5.61. The van der Waals surface area contributed by atoms with Gasteiger partial charge < -0.3 is 4.74 Å². The lowest BCUT2D eigenvalue weighted by molar-refractivity contribution is -0.384. The number of carbonyl (C=O) groups excluding carboxylic acids is 3. The molecular formula is C16H15BrN2O6S. The number of nitro groups is 1. The van der Waals surface area contributed by atoms with E-state index in [-0.39, 0.29) is 23.9 Å². The number of thioether (sulfide) groups is 1. The van der Waals surface area contributed by atoms with E-state index in [4.69, 9.17) is 4.74 Å². The molecule has 26 heavy (non-hydrogen) atoms. The van der Waals surface area contributed by atoms with Crippen LogP contribution >= 0.6 is 27.7 Å². The molecule has 1 fully saturated rings. The summed E-state index contributed by atoms with van der Waals surface area (Å²) in [5.74, 6) is -1.03. The number of hydrogen-bond acceptors (Lipinski definition) is 7. The minimum Gasteiger partial charge on any atom is -0.456 e. The number of nitrogens with zero attached hydrogens (tertiary/aromatic N) is 2. The van der Waals surface area contributed by atoms with Crippen molar-refractivity contribution in [2.45, 2.75) is 30.7 Å². The Morgan fingerprint density at radius 3 is 2.50 bits per heavy atom. The Morgan fingerprint density at radius 2 is 2.00 bits per heavy atom. The molecule has 0 N–H and O–H groups in total. The number of likely N-dealkylation sites (tertiary alicyclic amines) is 1. The highest BCUT2D eigenvalue weighted by molar-refractivity contribution is 9.10. The van der Waals surface area contributed by atoms with E-state index in [2.05, 4.69) is 15.9 Å². The van der Waals surface area contributed by atoms with Crippen molar-refractivity contribution in [3.05, 3.63) is 51.2 Å². The van der Waals surface area contributed by atoms with Gasteiger partial charge in [-0.2, -0.15) is 0 Å². The third-order valence-corrected chi connectivity index (χ3v) is 5.71. The molecule has 0 unspecified atom stereocenters. The predicted molar refractivity (Wildman–Crippen MR) is 99.0 cm³/mol. The van der Waals surface area contributed by atoms with Crippen LogP contribution in [0.25, 0.3) is 0 Å². The van der Waals surface area contributed by atoms with E-state index in [9.17, 15) is 24.5 Å². The van der Waals surface area contributed by atoms with Crippen molar-refractivity contribution >= 4 is 50.9 Å². The molecule has 1 saturated heterocycles. The highest BCUT2D eigenvalue weighted by atomic mass is 79.9. The van der Waals surface area contributed by atoms with E-state index in [1.807, 2.05) is 0 Å². The van der Waals surface area contributed by atoms with Crippen LogP contribution in [0, 0.1) is 10.1 Å². The van der Waals surface area contributed by atoms with Crippen molar-refractivity contribution in [2.75, 3.05) is 0 Å². The fraction of sp³-hybridized carbons (Fsp3) is 0.312. The molecule has 1 aromatic rings. The molecule has 1 aliphatic rings. The van der Waals surface area contributed by atoms with Gasteiger partial charge in [0.15, 0.2) is 5.62 Å². The lowest BCUT2D eigenvalue weighted by Crippen LogP contribution is -2.60. The second-order valence-electron chi connectivity index (χ2n) is 5.58. The number of hydrogen-bond donors (Lipinski definition) is 0. The van der Waals surface area contributed by atoms with Gasteiger partial charge in [-0.05, 0) is 37.1 Å². The van der Waals surface area contributed by atoms with Gasteiger partial charge in [0.2, 0.25) is 5.91 Å². The molecule has 2 atom stereocenters. The second-order valence-corrected chi connectivity index (χ2v) is 7.52. The fourth-order valence-electron chi connectivity index (χ4n) is 2.33. The van der Waals surface area contributed by atoms with E-state index in [1.54, 1.807) is 13.8 Å². The summed E-state index contributed by atoms with van der Waals surface area (Å²) in [4.78, 5) is 46.2. The van der Waals surface area contributed by atoms with E-state index in [0.717, 1.165) is 11.8 Å². The van der Waals surface area contributed by atoms with Crippen LogP contribution in [-0.2, 0) is 25.7 Å². The summed E-state index contributed by atoms with van der Waals surface area (Å²) in [5.41, 5.74) is 1.79. The highest BCUT2D eigenvalue weighted by Crippen LogP contribution is 2.38. The second kappa shape index (κ2) is 8.45. The first-order chi connectivity index (χ1) is 12.3. The number of nitro benzene ring substituents is 1. The zero-order valence-electron chi connectivity index (χ0n) is 13.9. The maximum absolute atomic E-state index is 12.5. The molecule has 0 aliphatic carbocycles. The molecular weight excluding hydrogens is 428 g/mol. The van der Waals surface area contributed by atoms with Crippen LogP contribution in [0.15, 0.2) is 35.5 Å². The smallest absolute Gasteiger partial charge is 0.355 e. The van der Waals surface area contributed by atoms with Gasteiger partial charge in [0.05, 0.1) is 4.92 Å². The van der Waals surface area contributed by atoms with E-state index in [1.165, 1.54) is 29.2 Å². The summed E-state index contributed by atoms with van der Waals surface area (Å²) in [6.07, 6.45) is 0. The summed E-state index contributed by atoms with van der Waals surface area (Å²) in [7, 11) is 0. The molecule has 0 aromatic heterocycles. The number of benzene rings is 1. The van der Waals surface area contributed by atoms with Gasteiger partial charge in [0, 0.05) is 12.1 Å².